The molecule has 0 radical (unpaired) electrons. The van der Waals surface area contributed by atoms with Crippen molar-refractivity contribution in [2.45, 2.75) is 19.3 Å². The Morgan fingerprint density at radius 1 is 1.26 bits per heavy atom. The standard InChI is InChI=1S/C14H17BrN6O2/c1-20-12(14(23)21-5-3-2-4-6-21)10(8-17-20)18-13(22)11-9(15)7-16-19-11/h7-8H,2-6H2,1H3,(H,16,19)(H,18,22). The first-order valence-electron chi connectivity index (χ1n) is 7.39. The number of anilines is 1. The molecule has 0 atom stereocenters. The SMILES string of the molecule is Cn1ncc(NC(=O)c2[nH]ncc2Br)c1C(=O)N1CCCCC1. The van der Waals surface area contributed by atoms with Gasteiger partial charge in [-0.05, 0) is 35.2 Å². The number of piperidine rings is 1. The summed E-state index contributed by atoms with van der Waals surface area (Å²) in [6.45, 7) is 1.48. The van der Waals surface area contributed by atoms with E-state index in [9.17, 15) is 9.59 Å². The number of rotatable bonds is 3. The van der Waals surface area contributed by atoms with Crippen LogP contribution in [0.5, 0.6) is 0 Å². The van der Waals surface area contributed by atoms with Crippen LogP contribution in [0.15, 0.2) is 16.9 Å². The molecule has 0 saturated carbocycles. The molecule has 3 heterocycles. The minimum atomic E-state index is -0.380. The molecule has 2 aromatic rings. The Balaban J connectivity index is 1.82. The molecule has 0 aromatic carbocycles. The normalized spacial score (nSPS) is 14.8. The first-order valence-corrected chi connectivity index (χ1v) is 8.18. The largest absolute Gasteiger partial charge is 0.337 e. The lowest BCUT2D eigenvalue weighted by Gasteiger charge is -2.27. The highest BCUT2D eigenvalue weighted by atomic mass is 79.9. The van der Waals surface area contributed by atoms with Crippen molar-refractivity contribution in [1.82, 2.24) is 24.9 Å². The van der Waals surface area contributed by atoms with E-state index in [0.717, 1.165) is 32.4 Å². The Bertz CT molecular complexity index is 731. The van der Waals surface area contributed by atoms with Crippen LogP contribution < -0.4 is 5.32 Å². The zero-order chi connectivity index (χ0) is 16.4. The third kappa shape index (κ3) is 3.14. The summed E-state index contributed by atoms with van der Waals surface area (Å²) in [6, 6.07) is 0. The van der Waals surface area contributed by atoms with Crippen LogP contribution in [-0.4, -0.2) is 49.8 Å². The molecule has 1 fully saturated rings. The Labute approximate surface area is 141 Å². The third-order valence-corrected chi connectivity index (χ3v) is 4.45. The number of carbonyl (C=O) groups excluding carboxylic acids is 2. The number of hydrogen-bond acceptors (Lipinski definition) is 4. The quantitative estimate of drug-likeness (QED) is 0.847. The predicted octanol–water partition coefficient (Wildman–Crippen LogP) is 1.78. The molecular weight excluding hydrogens is 364 g/mol. The number of hydrogen-bond donors (Lipinski definition) is 2. The molecule has 8 nitrogen and oxygen atoms in total. The molecule has 3 rings (SSSR count). The zero-order valence-corrected chi connectivity index (χ0v) is 14.3. The van der Waals surface area contributed by atoms with Gasteiger partial charge in [0.15, 0.2) is 0 Å². The maximum atomic E-state index is 12.7. The van der Waals surface area contributed by atoms with Gasteiger partial charge in [0, 0.05) is 20.1 Å². The smallest absolute Gasteiger partial charge is 0.274 e. The predicted molar refractivity (Wildman–Crippen MR) is 87.2 cm³/mol. The van der Waals surface area contributed by atoms with Crippen molar-refractivity contribution in [2.24, 2.45) is 7.05 Å². The molecule has 2 N–H and O–H groups in total. The minimum Gasteiger partial charge on any atom is -0.337 e. The second-order valence-electron chi connectivity index (χ2n) is 5.43. The minimum absolute atomic E-state index is 0.108. The molecule has 0 bridgehead atoms. The molecule has 122 valence electrons. The Hall–Kier alpha value is -2.16. The van der Waals surface area contributed by atoms with Gasteiger partial charge in [0.1, 0.15) is 11.4 Å². The second-order valence-corrected chi connectivity index (χ2v) is 6.28. The number of aromatic nitrogens is 4. The molecule has 0 spiro atoms. The zero-order valence-electron chi connectivity index (χ0n) is 12.7. The number of aryl methyl sites for hydroxylation is 1. The van der Waals surface area contributed by atoms with Gasteiger partial charge in [0.25, 0.3) is 11.8 Å². The number of halogens is 1. The number of likely N-dealkylation sites (tertiary alicyclic amines) is 1. The van der Waals surface area contributed by atoms with Crippen LogP contribution in [0.1, 0.15) is 40.2 Å². The lowest BCUT2D eigenvalue weighted by Crippen LogP contribution is -2.37. The van der Waals surface area contributed by atoms with Crippen LogP contribution in [0.3, 0.4) is 0 Å². The van der Waals surface area contributed by atoms with Gasteiger partial charge in [0.2, 0.25) is 0 Å². The van der Waals surface area contributed by atoms with Crippen LogP contribution in [0, 0.1) is 0 Å². The van der Waals surface area contributed by atoms with Crippen molar-refractivity contribution >= 4 is 33.4 Å². The number of aromatic amines is 1. The molecule has 9 heteroatoms. The van der Waals surface area contributed by atoms with Crippen LogP contribution in [-0.2, 0) is 7.05 Å². The van der Waals surface area contributed by atoms with E-state index >= 15 is 0 Å². The van der Waals surface area contributed by atoms with Crippen molar-refractivity contribution < 1.29 is 9.59 Å². The fourth-order valence-corrected chi connectivity index (χ4v) is 3.02. The average molecular weight is 381 g/mol. The van der Waals surface area contributed by atoms with E-state index in [2.05, 4.69) is 36.5 Å². The average Bonchev–Trinajstić information content (AvgIpc) is 3.13. The Morgan fingerprint density at radius 3 is 2.65 bits per heavy atom. The van der Waals surface area contributed by atoms with Gasteiger partial charge in [0.05, 0.1) is 22.6 Å². The molecule has 1 aliphatic rings. The first-order chi connectivity index (χ1) is 11.1. The lowest BCUT2D eigenvalue weighted by atomic mass is 10.1. The van der Waals surface area contributed by atoms with Gasteiger partial charge < -0.3 is 10.2 Å². The molecule has 0 aliphatic carbocycles. The van der Waals surface area contributed by atoms with Crippen molar-refractivity contribution in [3.05, 3.63) is 28.3 Å². The number of H-pyrrole nitrogens is 1. The highest BCUT2D eigenvalue weighted by Crippen LogP contribution is 2.21. The van der Waals surface area contributed by atoms with Crippen molar-refractivity contribution in [3.63, 3.8) is 0 Å². The van der Waals surface area contributed by atoms with E-state index in [4.69, 9.17) is 0 Å². The summed E-state index contributed by atoms with van der Waals surface area (Å²) in [6.07, 6.45) is 6.14. The van der Waals surface area contributed by atoms with Gasteiger partial charge >= 0.3 is 0 Å². The van der Waals surface area contributed by atoms with Gasteiger partial charge in [-0.2, -0.15) is 10.2 Å². The van der Waals surface area contributed by atoms with Gasteiger partial charge in [-0.3, -0.25) is 19.4 Å². The Kier molecular flexibility index (Phi) is 4.46. The maximum absolute atomic E-state index is 12.7. The highest BCUT2D eigenvalue weighted by Gasteiger charge is 2.25. The van der Waals surface area contributed by atoms with Crippen molar-refractivity contribution in [2.75, 3.05) is 18.4 Å². The number of nitrogens with zero attached hydrogens (tertiary/aromatic N) is 4. The fraction of sp³-hybridized carbons (Fsp3) is 0.429. The van der Waals surface area contributed by atoms with E-state index in [1.54, 1.807) is 7.05 Å². The topological polar surface area (TPSA) is 95.9 Å². The molecule has 23 heavy (non-hydrogen) atoms. The number of carbonyl (C=O) groups is 2. The summed E-state index contributed by atoms with van der Waals surface area (Å²) < 4.78 is 2.05. The van der Waals surface area contributed by atoms with Crippen molar-refractivity contribution in [1.29, 1.82) is 0 Å². The second kappa shape index (κ2) is 6.53. The molecule has 1 aliphatic heterocycles. The van der Waals surface area contributed by atoms with E-state index in [0.29, 0.717) is 21.5 Å². The monoisotopic (exact) mass is 380 g/mol. The summed E-state index contributed by atoms with van der Waals surface area (Å²) in [7, 11) is 1.69. The molecule has 2 amide bonds. The summed E-state index contributed by atoms with van der Waals surface area (Å²) in [5, 5.41) is 13.2. The number of amides is 2. The first kappa shape index (κ1) is 15.7. The van der Waals surface area contributed by atoms with Crippen LogP contribution >= 0.6 is 15.9 Å². The Morgan fingerprint density at radius 2 is 2.00 bits per heavy atom. The van der Waals surface area contributed by atoms with Gasteiger partial charge in [-0.15, -0.1) is 0 Å². The van der Waals surface area contributed by atoms with Crippen LogP contribution in [0.4, 0.5) is 5.69 Å². The fourth-order valence-electron chi connectivity index (χ4n) is 2.64. The van der Waals surface area contributed by atoms with Gasteiger partial charge in [-0.25, -0.2) is 0 Å². The number of nitrogens with one attached hydrogen (secondary N) is 2. The van der Waals surface area contributed by atoms with E-state index in [-0.39, 0.29) is 11.8 Å². The lowest BCUT2D eigenvalue weighted by molar-refractivity contribution is 0.0714. The summed E-state index contributed by atoms with van der Waals surface area (Å²) in [4.78, 5) is 26.8. The molecule has 1 saturated heterocycles. The summed E-state index contributed by atoms with van der Waals surface area (Å²) in [5.74, 6) is -0.487. The summed E-state index contributed by atoms with van der Waals surface area (Å²) in [5.41, 5.74) is 1.08. The van der Waals surface area contributed by atoms with Crippen LogP contribution in [0.2, 0.25) is 0 Å². The molecule has 2 aromatic heterocycles. The van der Waals surface area contributed by atoms with Crippen molar-refractivity contribution in [3.8, 4) is 0 Å². The molecular formula is C14H17BrN6O2. The summed E-state index contributed by atoms with van der Waals surface area (Å²) >= 11 is 3.24. The van der Waals surface area contributed by atoms with E-state index < -0.39 is 0 Å². The molecule has 0 unspecified atom stereocenters. The van der Waals surface area contributed by atoms with Gasteiger partial charge in [-0.1, -0.05) is 0 Å². The van der Waals surface area contributed by atoms with E-state index in [1.165, 1.54) is 17.1 Å². The van der Waals surface area contributed by atoms with Crippen LogP contribution in [0.25, 0.3) is 0 Å². The maximum Gasteiger partial charge on any atom is 0.274 e. The van der Waals surface area contributed by atoms with E-state index in [1.807, 2.05) is 4.90 Å². The highest BCUT2D eigenvalue weighted by molar-refractivity contribution is 9.10. The third-order valence-electron chi connectivity index (χ3n) is 3.85.